The molecule has 39 heavy (non-hydrogen) atoms. The normalized spacial score (nSPS) is 17.0. The summed E-state index contributed by atoms with van der Waals surface area (Å²) in [5.74, 6) is 1.43. The molecule has 1 aliphatic rings. The second-order valence-corrected chi connectivity index (χ2v) is 10.7. The Kier molecular flexibility index (Phi) is 7.03. The second-order valence-electron chi connectivity index (χ2n) is 10.7. The Balaban J connectivity index is 1.41. The zero-order chi connectivity index (χ0) is 27.5. The molecule has 0 aliphatic carbocycles. The molecule has 5 rings (SSSR count). The van der Waals surface area contributed by atoms with Crippen molar-refractivity contribution in [2.45, 2.75) is 38.3 Å². The van der Waals surface area contributed by atoms with Gasteiger partial charge in [-0.05, 0) is 57.5 Å². The van der Waals surface area contributed by atoms with E-state index in [1.807, 2.05) is 81.4 Å². The van der Waals surface area contributed by atoms with Crippen LogP contribution in [0.1, 0.15) is 32.8 Å². The average Bonchev–Trinajstić information content (AvgIpc) is 3.52. The van der Waals surface area contributed by atoms with Crippen LogP contribution in [0.2, 0.25) is 0 Å². The summed E-state index contributed by atoms with van der Waals surface area (Å²) >= 11 is 0. The first kappa shape index (κ1) is 25.9. The van der Waals surface area contributed by atoms with Crippen LogP contribution in [0.15, 0.2) is 73.1 Å². The van der Waals surface area contributed by atoms with E-state index in [-0.39, 0.29) is 0 Å². The molecule has 2 aromatic heterocycles. The van der Waals surface area contributed by atoms with Gasteiger partial charge in [0.2, 0.25) is 0 Å². The van der Waals surface area contributed by atoms with Crippen molar-refractivity contribution in [2.24, 2.45) is 0 Å². The number of alkyl carbamates (subject to hydrolysis) is 1. The molecule has 1 fully saturated rings. The predicted molar refractivity (Wildman–Crippen MR) is 151 cm³/mol. The van der Waals surface area contributed by atoms with E-state index in [2.05, 4.69) is 31.6 Å². The van der Waals surface area contributed by atoms with Crippen LogP contribution in [-0.4, -0.2) is 46.8 Å². The highest BCUT2D eigenvalue weighted by atomic mass is 16.6. The largest absolute Gasteiger partial charge is 0.455 e. The molecule has 1 aliphatic heterocycles. The molecule has 200 valence electrons. The number of hydrogen-bond donors (Lipinski definition) is 3. The van der Waals surface area contributed by atoms with Crippen LogP contribution in [0.4, 0.5) is 16.2 Å². The quantitative estimate of drug-likeness (QED) is 0.279. The van der Waals surface area contributed by atoms with Crippen molar-refractivity contribution in [1.82, 2.24) is 15.3 Å². The highest BCUT2D eigenvalue weighted by Crippen LogP contribution is 2.35. The lowest BCUT2D eigenvalue weighted by Gasteiger charge is -2.33. The van der Waals surface area contributed by atoms with Crippen molar-refractivity contribution in [3.05, 3.63) is 78.6 Å². The lowest BCUT2D eigenvalue weighted by atomic mass is 9.98. The number of hydrogen-bond acceptors (Lipinski definition) is 7. The van der Waals surface area contributed by atoms with E-state index in [1.54, 1.807) is 12.4 Å². The number of amides is 1. The lowest BCUT2D eigenvalue weighted by molar-refractivity contribution is 0.0470. The van der Waals surface area contributed by atoms with Crippen LogP contribution in [0.3, 0.4) is 0 Å². The molecule has 1 atom stereocenters. The number of anilines is 2. The van der Waals surface area contributed by atoms with Gasteiger partial charge in [-0.15, -0.1) is 0 Å². The van der Waals surface area contributed by atoms with Crippen molar-refractivity contribution in [2.75, 3.05) is 29.9 Å². The third-order valence-electron chi connectivity index (χ3n) is 6.61. The van der Waals surface area contributed by atoms with Gasteiger partial charge in [-0.2, -0.15) is 5.26 Å². The van der Waals surface area contributed by atoms with Gasteiger partial charge in [0.15, 0.2) is 5.75 Å². The Morgan fingerprint density at radius 2 is 1.92 bits per heavy atom. The zero-order valence-corrected chi connectivity index (χ0v) is 22.3. The summed E-state index contributed by atoms with van der Waals surface area (Å²) in [5, 5.41) is 17.1. The van der Waals surface area contributed by atoms with Gasteiger partial charge < -0.3 is 30.0 Å². The van der Waals surface area contributed by atoms with Gasteiger partial charge in [0.1, 0.15) is 23.1 Å². The number of rotatable bonds is 7. The summed E-state index contributed by atoms with van der Waals surface area (Å²) in [7, 11) is 0. The molecule has 0 spiro atoms. The summed E-state index contributed by atoms with van der Waals surface area (Å²) in [6.07, 6.45) is 3.59. The standard InChI is InChI=1S/C30H32N6O3/c1-29(2,3)39-28(37)35-30(19-34-23-11-7-8-12-25(23)38-22-9-5-4-6-10-22)14-16-36(20-30)24-13-15-32-27-26(24)21(17-31)18-33-27/h4-13,15,18,34H,14,16,19-20H2,1-3H3,(H,32,33)(H,35,37). The van der Waals surface area contributed by atoms with E-state index in [4.69, 9.17) is 9.47 Å². The van der Waals surface area contributed by atoms with E-state index in [0.717, 1.165) is 22.5 Å². The Morgan fingerprint density at radius 3 is 2.69 bits per heavy atom. The SMILES string of the molecule is CC(C)(C)OC(=O)NC1(CNc2ccccc2Oc2ccccc2)CCN(c2ccnc3[nH]cc(C#N)c23)C1. The topological polar surface area (TPSA) is 115 Å². The summed E-state index contributed by atoms with van der Waals surface area (Å²) in [4.78, 5) is 22.6. The number of benzene rings is 2. The first-order valence-corrected chi connectivity index (χ1v) is 12.9. The Morgan fingerprint density at radius 1 is 1.15 bits per heavy atom. The van der Waals surface area contributed by atoms with Crippen LogP contribution >= 0.6 is 0 Å². The number of pyridine rings is 1. The molecule has 9 nitrogen and oxygen atoms in total. The second kappa shape index (κ2) is 10.6. The lowest BCUT2D eigenvalue weighted by Crippen LogP contribution is -2.56. The minimum atomic E-state index is -0.652. The van der Waals surface area contributed by atoms with E-state index >= 15 is 0 Å². The summed E-state index contributed by atoms with van der Waals surface area (Å²) in [6, 6.07) is 21.5. The van der Waals surface area contributed by atoms with Gasteiger partial charge in [0.25, 0.3) is 0 Å². The third kappa shape index (κ3) is 5.91. The number of aromatic amines is 1. The molecule has 1 amide bonds. The molecule has 3 N–H and O–H groups in total. The van der Waals surface area contributed by atoms with Crippen LogP contribution < -0.4 is 20.3 Å². The van der Waals surface area contributed by atoms with E-state index < -0.39 is 17.2 Å². The monoisotopic (exact) mass is 524 g/mol. The smallest absolute Gasteiger partial charge is 0.408 e. The minimum absolute atomic E-state index is 0.435. The highest BCUT2D eigenvalue weighted by molar-refractivity contribution is 5.95. The number of para-hydroxylation sites is 3. The summed E-state index contributed by atoms with van der Waals surface area (Å²) in [5.41, 5.74) is 1.63. The molecular formula is C30H32N6O3. The molecule has 1 saturated heterocycles. The molecule has 3 heterocycles. The average molecular weight is 525 g/mol. The maximum absolute atomic E-state index is 13.0. The molecule has 0 saturated carbocycles. The maximum atomic E-state index is 13.0. The van der Waals surface area contributed by atoms with Gasteiger partial charge in [0.05, 0.1) is 27.9 Å². The summed E-state index contributed by atoms with van der Waals surface area (Å²) in [6.45, 7) is 7.16. The van der Waals surface area contributed by atoms with E-state index in [0.29, 0.717) is 43.0 Å². The number of carbonyl (C=O) groups excluding carboxylic acids is 1. The number of ether oxygens (including phenoxy) is 2. The molecule has 1 unspecified atom stereocenters. The number of aromatic nitrogens is 2. The van der Waals surface area contributed by atoms with Crippen LogP contribution in [-0.2, 0) is 4.74 Å². The molecule has 4 aromatic rings. The molecular weight excluding hydrogens is 492 g/mol. The zero-order valence-electron chi connectivity index (χ0n) is 22.3. The van der Waals surface area contributed by atoms with Gasteiger partial charge in [0, 0.05) is 32.0 Å². The Hall–Kier alpha value is -4.71. The summed E-state index contributed by atoms with van der Waals surface area (Å²) < 4.78 is 11.8. The van der Waals surface area contributed by atoms with Crippen molar-refractivity contribution in [3.8, 4) is 17.6 Å². The van der Waals surface area contributed by atoms with Crippen molar-refractivity contribution >= 4 is 28.5 Å². The Bertz CT molecular complexity index is 1500. The fraction of sp³-hybridized carbons (Fsp3) is 0.300. The fourth-order valence-electron chi connectivity index (χ4n) is 4.86. The number of H-pyrrole nitrogens is 1. The van der Waals surface area contributed by atoms with Crippen molar-refractivity contribution < 1.29 is 14.3 Å². The number of nitrogens with one attached hydrogen (secondary N) is 3. The molecule has 0 radical (unpaired) electrons. The maximum Gasteiger partial charge on any atom is 0.408 e. The van der Waals surface area contributed by atoms with Crippen LogP contribution in [0, 0.1) is 11.3 Å². The first-order chi connectivity index (χ1) is 18.8. The third-order valence-corrected chi connectivity index (χ3v) is 6.61. The van der Waals surface area contributed by atoms with Gasteiger partial charge in [-0.25, -0.2) is 9.78 Å². The molecule has 2 aromatic carbocycles. The predicted octanol–water partition coefficient (Wildman–Crippen LogP) is 5.81. The van der Waals surface area contributed by atoms with Gasteiger partial charge in [-0.1, -0.05) is 30.3 Å². The van der Waals surface area contributed by atoms with Crippen molar-refractivity contribution in [3.63, 3.8) is 0 Å². The van der Waals surface area contributed by atoms with Crippen LogP contribution in [0.5, 0.6) is 11.5 Å². The van der Waals surface area contributed by atoms with Crippen molar-refractivity contribution in [1.29, 1.82) is 5.26 Å². The fourth-order valence-corrected chi connectivity index (χ4v) is 4.86. The molecule has 9 heteroatoms. The van der Waals surface area contributed by atoms with Gasteiger partial charge >= 0.3 is 6.09 Å². The van der Waals surface area contributed by atoms with Gasteiger partial charge in [-0.3, -0.25) is 0 Å². The highest BCUT2D eigenvalue weighted by Gasteiger charge is 2.41. The van der Waals surface area contributed by atoms with E-state index in [1.165, 1.54) is 0 Å². The van der Waals surface area contributed by atoms with E-state index in [9.17, 15) is 10.1 Å². The number of carbonyl (C=O) groups is 1. The van der Waals surface area contributed by atoms with Crippen LogP contribution in [0.25, 0.3) is 11.0 Å². The number of nitriles is 1. The number of fused-ring (bicyclic) bond motifs is 1. The minimum Gasteiger partial charge on any atom is -0.455 e. The number of nitrogens with zero attached hydrogens (tertiary/aromatic N) is 3. The first-order valence-electron chi connectivity index (χ1n) is 12.9. The molecule has 0 bridgehead atoms. The Labute approximate surface area is 227 Å².